The molecule has 2 N–H and O–H groups in total. The summed E-state index contributed by atoms with van der Waals surface area (Å²) in [5.74, 6) is 0.585. The molecule has 0 saturated carbocycles. The first-order chi connectivity index (χ1) is 13.1. The highest BCUT2D eigenvalue weighted by molar-refractivity contribution is 6.30. The van der Waals surface area contributed by atoms with Crippen LogP contribution in [-0.4, -0.2) is 15.3 Å². The number of Topliss-reactive ketones (excluding diaryl/α,β-unsaturated/α-hetero) is 1. The van der Waals surface area contributed by atoms with Crippen molar-refractivity contribution in [2.24, 2.45) is 0 Å². The van der Waals surface area contributed by atoms with Gasteiger partial charge in [0.25, 0.3) is 0 Å². The van der Waals surface area contributed by atoms with E-state index >= 15 is 0 Å². The Bertz CT molecular complexity index is 1010. The zero-order valence-electron chi connectivity index (χ0n) is 14.4. The van der Waals surface area contributed by atoms with E-state index in [1.165, 1.54) is 0 Å². The first-order valence-corrected chi connectivity index (χ1v) is 8.80. The third-order valence-electron chi connectivity index (χ3n) is 4.43. The highest BCUT2D eigenvalue weighted by Gasteiger charge is 2.26. The van der Waals surface area contributed by atoms with E-state index in [2.05, 4.69) is 22.2 Å². The fourth-order valence-electron chi connectivity index (χ4n) is 3.02. The molecule has 1 aliphatic rings. The first-order valence-electron chi connectivity index (χ1n) is 8.42. The first kappa shape index (κ1) is 17.1. The molecule has 2 heterocycles. The van der Waals surface area contributed by atoms with Crippen LogP contribution >= 0.6 is 11.6 Å². The number of ketones is 1. The van der Waals surface area contributed by atoms with Crippen LogP contribution in [-0.2, 0) is 0 Å². The minimum Gasteiger partial charge on any atom is -0.361 e. The third kappa shape index (κ3) is 3.50. The molecular formula is C21H17ClN4O. The van der Waals surface area contributed by atoms with Crippen LogP contribution in [0.1, 0.15) is 22.0 Å². The average molecular weight is 377 g/mol. The average Bonchev–Trinajstić information content (AvgIpc) is 3.23. The van der Waals surface area contributed by atoms with E-state index in [1.807, 2.05) is 59.3 Å². The SMILES string of the molecule is C=C1NC=C(C(=O)c2ccc(-n3ccnc3)cc2)C(c2ccc(Cl)cc2)N1. The Morgan fingerprint density at radius 3 is 2.52 bits per heavy atom. The zero-order valence-corrected chi connectivity index (χ0v) is 15.1. The Kier molecular flexibility index (Phi) is 4.52. The maximum atomic E-state index is 13.1. The maximum Gasteiger partial charge on any atom is 0.192 e. The predicted octanol–water partition coefficient (Wildman–Crippen LogP) is 4.00. The number of hydrogen-bond donors (Lipinski definition) is 2. The summed E-state index contributed by atoms with van der Waals surface area (Å²) in [7, 11) is 0. The Hall–Kier alpha value is -3.31. The van der Waals surface area contributed by atoms with Gasteiger partial charge in [0, 0.05) is 40.4 Å². The molecule has 0 amide bonds. The molecule has 27 heavy (non-hydrogen) atoms. The van der Waals surface area contributed by atoms with Gasteiger partial charge in [-0.3, -0.25) is 4.79 Å². The van der Waals surface area contributed by atoms with Gasteiger partial charge in [0.05, 0.1) is 18.2 Å². The van der Waals surface area contributed by atoms with Gasteiger partial charge in [-0.1, -0.05) is 30.3 Å². The van der Waals surface area contributed by atoms with Crippen molar-refractivity contribution < 1.29 is 4.79 Å². The second-order valence-electron chi connectivity index (χ2n) is 6.20. The van der Waals surface area contributed by atoms with Crippen LogP contribution in [0.4, 0.5) is 0 Å². The minimum atomic E-state index is -0.295. The predicted molar refractivity (Wildman–Crippen MR) is 106 cm³/mol. The van der Waals surface area contributed by atoms with Crippen LogP contribution in [0, 0.1) is 0 Å². The summed E-state index contributed by atoms with van der Waals surface area (Å²) in [5, 5.41) is 6.89. The van der Waals surface area contributed by atoms with E-state index in [1.54, 1.807) is 18.7 Å². The lowest BCUT2D eigenvalue weighted by Crippen LogP contribution is -2.35. The van der Waals surface area contributed by atoms with E-state index in [0.29, 0.717) is 22.0 Å². The van der Waals surface area contributed by atoms with Gasteiger partial charge in [0.2, 0.25) is 0 Å². The lowest BCUT2D eigenvalue weighted by atomic mass is 9.92. The number of carbonyl (C=O) groups is 1. The van der Waals surface area contributed by atoms with E-state index in [9.17, 15) is 4.79 Å². The molecule has 134 valence electrons. The highest BCUT2D eigenvalue weighted by atomic mass is 35.5. The molecule has 5 nitrogen and oxygen atoms in total. The van der Waals surface area contributed by atoms with Crippen molar-refractivity contribution in [1.82, 2.24) is 20.2 Å². The van der Waals surface area contributed by atoms with Crippen molar-refractivity contribution in [2.75, 3.05) is 0 Å². The number of halogens is 1. The summed E-state index contributed by atoms with van der Waals surface area (Å²) in [4.78, 5) is 17.2. The largest absolute Gasteiger partial charge is 0.361 e. The third-order valence-corrected chi connectivity index (χ3v) is 4.68. The molecule has 3 aromatic rings. The maximum absolute atomic E-state index is 13.1. The summed E-state index contributed by atoms with van der Waals surface area (Å²) < 4.78 is 1.89. The summed E-state index contributed by atoms with van der Waals surface area (Å²) in [6, 6.07) is 14.6. The van der Waals surface area contributed by atoms with Crippen LogP contribution < -0.4 is 10.6 Å². The van der Waals surface area contributed by atoms with Gasteiger partial charge in [-0.05, 0) is 42.0 Å². The highest BCUT2D eigenvalue weighted by Crippen LogP contribution is 2.28. The molecule has 0 bridgehead atoms. The summed E-state index contributed by atoms with van der Waals surface area (Å²) >= 11 is 5.99. The van der Waals surface area contributed by atoms with Crippen LogP contribution in [0.15, 0.2) is 91.4 Å². The van der Waals surface area contributed by atoms with Gasteiger partial charge in [0.1, 0.15) is 0 Å². The molecule has 0 aliphatic carbocycles. The van der Waals surface area contributed by atoms with Gasteiger partial charge in [-0.2, -0.15) is 0 Å². The normalized spacial score (nSPS) is 16.3. The number of nitrogens with zero attached hydrogens (tertiary/aromatic N) is 2. The molecule has 4 rings (SSSR count). The quantitative estimate of drug-likeness (QED) is 0.676. The number of imidazole rings is 1. The van der Waals surface area contributed by atoms with Gasteiger partial charge >= 0.3 is 0 Å². The van der Waals surface area contributed by atoms with Crippen molar-refractivity contribution in [2.45, 2.75) is 6.04 Å². The lowest BCUT2D eigenvalue weighted by Gasteiger charge is -2.28. The Balaban J connectivity index is 1.64. The van der Waals surface area contributed by atoms with E-state index < -0.39 is 0 Å². The fourth-order valence-corrected chi connectivity index (χ4v) is 3.15. The van der Waals surface area contributed by atoms with Gasteiger partial charge < -0.3 is 15.2 Å². The molecule has 1 aromatic heterocycles. The van der Waals surface area contributed by atoms with Crippen LogP contribution in [0.3, 0.4) is 0 Å². The molecule has 1 unspecified atom stereocenters. The topological polar surface area (TPSA) is 59.0 Å². The van der Waals surface area contributed by atoms with E-state index in [0.717, 1.165) is 11.3 Å². The molecule has 0 spiro atoms. The summed E-state index contributed by atoms with van der Waals surface area (Å²) in [6.07, 6.45) is 7.00. The molecule has 6 heteroatoms. The summed E-state index contributed by atoms with van der Waals surface area (Å²) in [6.45, 7) is 3.90. The number of hydrogen-bond acceptors (Lipinski definition) is 4. The Morgan fingerprint density at radius 2 is 1.85 bits per heavy atom. The van der Waals surface area contributed by atoms with Crippen molar-refractivity contribution >= 4 is 17.4 Å². The Morgan fingerprint density at radius 1 is 1.11 bits per heavy atom. The molecule has 0 radical (unpaired) electrons. The molecule has 1 aliphatic heterocycles. The van der Waals surface area contributed by atoms with Crippen molar-refractivity contribution in [1.29, 1.82) is 0 Å². The molecule has 0 saturated heterocycles. The van der Waals surface area contributed by atoms with Crippen molar-refractivity contribution in [3.05, 3.63) is 108 Å². The monoisotopic (exact) mass is 376 g/mol. The number of aromatic nitrogens is 2. The minimum absolute atomic E-state index is 0.0559. The smallest absolute Gasteiger partial charge is 0.192 e. The molecule has 2 aromatic carbocycles. The van der Waals surface area contributed by atoms with Crippen LogP contribution in [0.25, 0.3) is 5.69 Å². The van der Waals surface area contributed by atoms with Crippen LogP contribution in [0.2, 0.25) is 5.02 Å². The number of benzene rings is 2. The number of nitrogens with one attached hydrogen (secondary N) is 2. The lowest BCUT2D eigenvalue weighted by molar-refractivity contribution is 0.102. The number of rotatable bonds is 4. The Labute approximate surface area is 162 Å². The number of carbonyl (C=O) groups excluding carboxylic acids is 1. The fraction of sp³-hybridized carbons (Fsp3) is 0.0476. The zero-order chi connectivity index (χ0) is 18.8. The summed E-state index contributed by atoms with van der Waals surface area (Å²) in [5.41, 5.74) is 3.11. The van der Waals surface area contributed by atoms with Gasteiger partial charge in [-0.25, -0.2) is 4.98 Å². The second-order valence-corrected chi connectivity index (χ2v) is 6.63. The standard InChI is InChI=1S/C21H17ClN4O/c1-14-24-12-19(20(25-14)15-2-6-17(22)7-3-15)21(27)16-4-8-18(9-5-16)26-11-10-23-13-26/h2-13,20,24-25H,1H2. The van der Waals surface area contributed by atoms with Gasteiger partial charge in [0.15, 0.2) is 5.78 Å². The van der Waals surface area contributed by atoms with E-state index in [-0.39, 0.29) is 11.8 Å². The molecule has 0 fully saturated rings. The second kappa shape index (κ2) is 7.13. The van der Waals surface area contributed by atoms with Crippen molar-refractivity contribution in [3.63, 3.8) is 0 Å². The molecular weight excluding hydrogens is 360 g/mol. The molecule has 1 atom stereocenters. The van der Waals surface area contributed by atoms with Crippen LogP contribution in [0.5, 0.6) is 0 Å². The van der Waals surface area contributed by atoms with Gasteiger partial charge in [-0.15, -0.1) is 0 Å². The van der Waals surface area contributed by atoms with E-state index in [4.69, 9.17) is 11.6 Å². The van der Waals surface area contributed by atoms with Crippen molar-refractivity contribution in [3.8, 4) is 5.69 Å².